The van der Waals surface area contributed by atoms with Gasteiger partial charge in [-0.2, -0.15) is 0 Å². The summed E-state index contributed by atoms with van der Waals surface area (Å²) >= 11 is 1.45. The third-order valence-corrected chi connectivity index (χ3v) is 4.94. The van der Waals surface area contributed by atoms with Crippen molar-refractivity contribution in [1.82, 2.24) is 19.7 Å². The number of carbonyl (C=O) groups is 1. The molecule has 1 fully saturated rings. The second kappa shape index (κ2) is 6.41. The van der Waals surface area contributed by atoms with Crippen LogP contribution in [0.5, 0.6) is 0 Å². The predicted octanol–water partition coefficient (Wildman–Crippen LogP) is 1.94. The van der Waals surface area contributed by atoms with E-state index in [9.17, 15) is 4.79 Å². The van der Waals surface area contributed by atoms with Crippen LogP contribution < -0.4 is 0 Å². The van der Waals surface area contributed by atoms with E-state index in [0.717, 1.165) is 23.9 Å². The van der Waals surface area contributed by atoms with Gasteiger partial charge in [-0.15, -0.1) is 10.2 Å². The van der Waals surface area contributed by atoms with Crippen LogP contribution in [-0.2, 0) is 11.8 Å². The summed E-state index contributed by atoms with van der Waals surface area (Å²) in [4.78, 5) is 14.1. The molecule has 1 aromatic rings. The highest BCUT2D eigenvalue weighted by Gasteiger charge is 2.24. The highest BCUT2D eigenvalue weighted by atomic mass is 32.2. The molecular formula is C13H22N4OS. The highest BCUT2D eigenvalue weighted by Crippen LogP contribution is 2.27. The second-order valence-corrected chi connectivity index (χ2v) is 6.37. The topological polar surface area (TPSA) is 51.0 Å². The van der Waals surface area contributed by atoms with Gasteiger partial charge < -0.3 is 9.47 Å². The number of amides is 1. The van der Waals surface area contributed by atoms with E-state index in [-0.39, 0.29) is 5.91 Å². The van der Waals surface area contributed by atoms with E-state index >= 15 is 0 Å². The van der Waals surface area contributed by atoms with Crippen LogP contribution in [-0.4, -0.2) is 44.4 Å². The number of rotatable bonds is 4. The minimum Gasteiger partial charge on any atom is -0.342 e. The van der Waals surface area contributed by atoms with Gasteiger partial charge in [0.25, 0.3) is 0 Å². The van der Waals surface area contributed by atoms with Crippen LogP contribution in [0.2, 0.25) is 0 Å². The van der Waals surface area contributed by atoms with Gasteiger partial charge >= 0.3 is 0 Å². The molecule has 0 bridgehead atoms. The van der Waals surface area contributed by atoms with Crippen LogP contribution in [0.1, 0.15) is 32.6 Å². The van der Waals surface area contributed by atoms with Crippen molar-refractivity contribution in [2.75, 3.05) is 12.8 Å². The van der Waals surface area contributed by atoms with Gasteiger partial charge in [0.15, 0.2) is 5.16 Å². The molecule has 0 aliphatic heterocycles. The number of hydrogen-bond donors (Lipinski definition) is 0. The molecule has 1 amide bonds. The van der Waals surface area contributed by atoms with Crippen molar-refractivity contribution in [3.8, 4) is 0 Å². The number of carbonyl (C=O) groups excluding carboxylic acids is 1. The molecule has 1 saturated carbocycles. The van der Waals surface area contributed by atoms with Gasteiger partial charge in [0, 0.05) is 20.1 Å². The van der Waals surface area contributed by atoms with Crippen molar-refractivity contribution in [3.63, 3.8) is 0 Å². The van der Waals surface area contributed by atoms with E-state index in [1.807, 2.05) is 23.6 Å². The molecule has 1 aliphatic rings. The van der Waals surface area contributed by atoms with Crippen LogP contribution in [0.4, 0.5) is 0 Å². The normalized spacial score (nSPS) is 23.3. The number of aryl methyl sites for hydroxylation is 1. The molecule has 5 nitrogen and oxygen atoms in total. The first-order chi connectivity index (χ1) is 9.08. The SMILES string of the molecule is CC1CCC(N(C)C(=O)CSc2nncn2C)CC1. The van der Waals surface area contributed by atoms with Gasteiger partial charge in [-0.25, -0.2) is 0 Å². The van der Waals surface area contributed by atoms with Crippen molar-refractivity contribution in [3.05, 3.63) is 6.33 Å². The highest BCUT2D eigenvalue weighted by molar-refractivity contribution is 7.99. The summed E-state index contributed by atoms with van der Waals surface area (Å²) in [5.74, 6) is 1.44. The van der Waals surface area contributed by atoms with Gasteiger partial charge in [-0.05, 0) is 31.6 Å². The molecule has 19 heavy (non-hydrogen) atoms. The lowest BCUT2D eigenvalue weighted by Gasteiger charge is -2.33. The maximum Gasteiger partial charge on any atom is 0.233 e. The number of thioether (sulfide) groups is 1. The number of aromatic nitrogens is 3. The van der Waals surface area contributed by atoms with Gasteiger partial charge in [0.1, 0.15) is 6.33 Å². The second-order valence-electron chi connectivity index (χ2n) is 5.43. The van der Waals surface area contributed by atoms with Crippen molar-refractivity contribution in [2.45, 2.75) is 43.8 Å². The lowest BCUT2D eigenvalue weighted by molar-refractivity contribution is -0.129. The largest absolute Gasteiger partial charge is 0.342 e. The van der Waals surface area contributed by atoms with E-state index in [0.29, 0.717) is 11.8 Å². The fraction of sp³-hybridized carbons (Fsp3) is 0.769. The van der Waals surface area contributed by atoms with Crippen LogP contribution in [0, 0.1) is 5.92 Å². The molecule has 0 unspecified atom stereocenters. The Morgan fingerprint density at radius 1 is 1.47 bits per heavy atom. The van der Waals surface area contributed by atoms with Gasteiger partial charge in [0.05, 0.1) is 5.75 Å². The Kier molecular flexibility index (Phi) is 4.85. The summed E-state index contributed by atoms with van der Waals surface area (Å²) < 4.78 is 1.83. The molecule has 0 spiro atoms. The zero-order valence-electron chi connectivity index (χ0n) is 11.9. The van der Waals surface area contributed by atoms with Crippen molar-refractivity contribution in [1.29, 1.82) is 0 Å². The van der Waals surface area contributed by atoms with E-state index in [4.69, 9.17) is 0 Å². The summed E-state index contributed by atoms with van der Waals surface area (Å²) in [6.07, 6.45) is 6.40. The average Bonchev–Trinajstić information content (AvgIpc) is 2.81. The molecule has 0 N–H and O–H groups in total. The predicted molar refractivity (Wildman–Crippen MR) is 75.9 cm³/mol. The summed E-state index contributed by atoms with van der Waals surface area (Å²) in [6.45, 7) is 2.29. The minimum absolute atomic E-state index is 0.188. The van der Waals surface area contributed by atoms with Crippen LogP contribution in [0.15, 0.2) is 11.5 Å². The average molecular weight is 282 g/mol. The molecule has 106 valence electrons. The van der Waals surface area contributed by atoms with E-state index in [1.165, 1.54) is 24.6 Å². The Hall–Kier alpha value is -1.04. The van der Waals surface area contributed by atoms with Gasteiger partial charge in [0.2, 0.25) is 5.91 Å². The molecule has 1 heterocycles. The Morgan fingerprint density at radius 2 is 2.16 bits per heavy atom. The van der Waals surface area contributed by atoms with Crippen LogP contribution in [0.3, 0.4) is 0 Å². The summed E-state index contributed by atoms with van der Waals surface area (Å²) in [5, 5.41) is 8.58. The number of nitrogens with zero attached hydrogens (tertiary/aromatic N) is 4. The monoisotopic (exact) mass is 282 g/mol. The van der Waals surface area contributed by atoms with E-state index in [1.54, 1.807) is 6.33 Å². The van der Waals surface area contributed by atoms with Crippen LogP contribution in [0.25, 0.3) is 0 Å². The Labute approximate surface area is 118 Å². The van der Waals surface area contributed by atoms with Crippen molar-refractivity contribution < 1.29 is 4.79 Å². The molecular weight excluding hydrogens is 260 g/mol. The molecule has 6 heteroatoms. The molecule has 0 atom stereocenters. The molecule has 0 radical (unpaired) electrons. The lowest BCUT2D eigenvalue weighted by Crippen LogP contribution is -2.40. The molecule has 0 saturated heterocycles. The summed E-state index contributed by atoms with van der Waals surface area (Å²) in [6, 6.07) is 0.420. The third kappa shape index (κ3) is 3.72. The first kappa shape index (κ1) is 14.4. The van der Waals surface area contributed by atoms with Crippen molar-refractivity contribution in [2.24, 2.45) is 13.0 Å². The zero-order chi connectivity index (χ0) is 13.8. The summed E-state index contributed by atoms with van der Waals surface area (Å²) in [7, 11) is 3.82. The van der Waals surface area contributed by atoms with Gasteiger partial charge in [-0.3, -0.25) is 4.79 Å². The maximum absolute atomic E-state index is 12.2. The van der Waals surface area contributed by atoms with E-state index < -0.39 is 0 Å². The molecule has 1 aromatic heterocycles. The van der Waals surface area contributed by atoms with Crippen LogP contribution >= 0.6 is 11.8 Å². The first-order valence-electron chi connectivity index (χ1n) is 6.80. The fourth-order valence-electron chi connectivity index (χ4n) is 2.46. The fourth-order valence-corrected chi connectivity index (χ4v) is 3.28. The molecule has 2 rings (SSSR count). The third-order valence-electron chi connectivity index (χ3n) is 3.92. The minimum atomic E-state index is 0.188. The summed E-state index contributed by atoms with van der Waals surface area (Å²) in [5.41, 5.74) is 0. The molecule has 0 aromatic carbocycles. The zero-order valence-corrected chi connectivity index (χ0v) is 12.7. The lowest BCUT2D eigenvalue weighted by atomic mass is 9.87. The van der Waals surface area contributed by atoms with E-state index in [2.05, 4.69) is 17.1 Å². The number of hydrogen-bond acceptors (Lipinski definition) is 4. The first-order valence-corrected chi connectivity index (χ1v) is 7.79. The maximum atomic E-state index is 12.2. The smallest absolute Gasteiger partial charge is 0.233 e. The Bertz CT molecular complexity index is 426. The molecule has 1 aliphatic carbocycles. The quantitative estimate of drug-likeness (QED) is 0.792. The van der Waals surface area contributed by atoms with Gasteiger partial charge in [-0.1, -0.05) is 18.7 Å². The Morgan fingerprint density at radius 3 is 2.74 bits per heavy atom. The standard InChI is InChI=1S/C13H22N4OS/c1-10-4-6-11(7-5-10)17(3)12(18)8-19-13-15-14-9-16(13)2/h9-11H,4-8H2,1-3H3. The Balaban J connectivity index is 1.81. The van der Waals surface area contributed by atoms with Crippen molar-refractivity contribution >= 4 is 17.7 Å².